The molecular weight excluding hydrogens is 698 g/mol. The Morgan fingerprint density at radius 1 is 0.963 bits per heavy atom. The topological polar surface area (TPSA) is 213 Å². The van der Waals surface area contributed by atoms with Crippen LogP contribution in [0.1, 0.15) is 90.5 Å². The minimum absolute atomic E-state index is 0.0729. The Hall–Kier alpha value is -4.34. The van der Waals surface area contributed by atoms with Crippen molar-refractivity contribution >= 4 is 23.7 Å². The van der Waals surface area contributed by atoms with Gasteiger partial charge in [0.05, 0.1) is 36.8 Å². The summed E-state index contributed by atoms with van der Waals surface area (Å²) in [4.78, 5) is 51.4. The maximum Gasteiger partial charge on any atom is 0.336 e. The molecule has 0 saturated carbocycles. The van der Waals surface area contributed by atoms with Gasteiger partial charge in [-0.15, -0.1) is 0 Å². The molecule has 3 amide bonds. The van der Waals surface area contributed by atoms with Crippen LogP contribution in [0.15, 0.2) is 48.6 Å². The van der Waals surface area contributed by atoms with Crippen molar-refractivity contribution in [3.05, 3.63) is 76.4 Å². The molecule has 8 atom stereocenters. The quantitative estimate of drug-likeness (QED) is 0.226. The van der Waals surface area contributed by atoms with Crippen molar-refractivity contribution in [1.82, 2.24) is 16.0 Å². The molecule has 2 aromatic rings. The summed E-state index contributed by atoms with van der Waals surface area (Å²) in [6.45, 7) is 5.65. The van der Waals surface area contributed by atoms with Crippen molar-refractivity contribution < 1.29 is 53.8 Å². The van der Waals surface area contributed by atoms with Crippen LogP contribution in [0, 0.1) is 19.8 Å². The van der Waals surface area contributed by atoms with Crippen LogP contribution in [0.4, 0.5) is 0 Å². The molecule has 2 saturated heterocycles. The van der Waals surface area contributed by atoms with Gasteiger partial charge in [-0.25, -0.2) is 4.79 Å². The number of aliphatic hydroxyl groups is 3. The summed E-state index contributed by atoms with van der Waals surface area (Å²) in [5.41, 5.74) is 1.50. The molecule has 294 valence electrons. The molecule has 0 radical (unpaired) electrons. The van der Waals surface area contributed by atoms with Gasteiger partial charge in [0, 0.05) is 38.5 Å². The predicted octanol–water partition coefficient (Wildman–Crippen LogP) is 2.53. The molecule has 4 aliphatic rings. The van der Waals surface area contributed by atoms with E-state index in [0.717, 1.165) is 24.0 Å². The van der Waals surface area contributed by atoms with E-state index in [9.17, 15) is 39.6 Å². The fourth-order valence-corrected chi connectivity index (χ4v) is 7.51. The van der Waals surface area contributed by atoms with E-state index in [2.05, 4.69) is 16.0 Å². The molecule has 14 nitrogen and oxygen atoms in total. The van der Waals surface area contributed by atoms with Gasteiger partial charge in [-0.2, -0.15) is 0 Å². The summed E-state index contributed by atoms with van der Waals surface area (Å²) in [5, 5.41) is 52.2. The molecule has 54 heavy (non-hydrogen) atoms. The minimum atomic E-state index is -1.99. The van der Waals surface area contributed by atoms with Crippen molar-refractivity contribution in [3.8, 4) is 5.75 Å². The number of carbonyl (C=O) groups excluding carboxylic acids is 3. The molecule has 2 fully saturated rings. The fraction of sp³-hybridized carbons (Fsp3) is 0.550. The van der Waals surface area contributed by atoms with Crippen molar-refractivity contribution in [2.45, 2.75) is 114 Å². The Morgan fingerprint density at radius 2 is 1.72 bits per heavy atom. The zero-order valence-electron chi connectivity index (χ0n) is 31.1. The summed E-state index contributed by atoms with van der Waals surface area (Å²) < 4.78 is 17.9. The third-order valence-corrected chi connectivity index (χ3v) is 10.4. The molecule has 7 N–H and O–H groups in total. The molecule has 0 aliphatic carbocycles. The number of aliphatic hydroxyl groups excluding tert-OH is 3. The van der Waals surface area contributed by atoms with Crippen LogP contribution >= 0.6 is 0 Å². The zero-order chi connectivity index (χ0) is 39.0. The lowest BCUT2D eigenvalue weighted by molar-refractivity contribution is -0.226. The van der Waals surface area contributed by atoms with Gasteiger partial charge in [-0.05, 0) is 80.3 Å². The van der Waals surface area contributed by atoms with Gasteiger partial charge in [0.25, 0.3) is 5.91 Å². The number of carbonyl (C=O) groups is 4. The molecule has 3 unspecified atom stereocenters. The van der Waals surface area contributed by atoms with Crippen LogP contribution in [0.2, 0.25) is 0 Å². The number of nitrogens with one attached hydrogen (secondary N) is 3. The summed E-state index contributed by atoms with van der Waals surface area (Å²) in [7, 11) is 0. The highest BCUT2D eigenvalue weighted by Crippen LogP contribution is 2.36. The first-order valence-corrected chi connectivity index (χ1v) is 18.6. The number of aryl methyl sites for hydroxylation is 2. The average molecular weight is 752 g/mol. The van der Waals surface area contributed by atoms with E-state index in [4.69, 9.17) is 14.2 Å². The Bertz CT molecular complexity index is 1670. The van der Waals surface area contributed by atoms with Gasteiger partial charge in [0.15, 0.2) is 5.60 Å². The van der Waals surface area contributed by atoms with E-state index in [1.54, 1.807) is 18.2 Å². The zero-order valence-corrected chi connectivity index (χ0v) is 31.1. The summed E-state index contributed by atoms with van der Waals surface area (Å²) in [5.74, 6) is -2.19. The minimum Gasteiger partial charge on any atom is -0.488 e. The number of hydrogen-bond donors (Lipinski definition) is 7. The van der Waals surface area contributed by atoms with Crippen molar-refractivity contribution in [2.75, 3.05) is 19.8 Å². The molecular formula is C40H53N3O11. The average Bonchev–Trinajstić information content (AvgIpc) is 3.14. The molecule has 6 bridgehead atoms. The largest absolute Gasteiger partial charge is 0.488 e. The highest BCUT2D eigenvalue weighted by atomic mass is 16.6. The molecule has 6 rings (SSSR count). The van der Waals surface area contributed by atoms with Gasteiger partial charge >= 0.3 is 5.97 Å². The number of carboxylic acids is 1. The van der Waals surface area contributed by atoms with Crippen molar-refractivity contribution in [2.24, 2.45) is 5.92 Å². The number of aliphatic carboxylic acids is 1. The third kappa shape index (κ3) is 10.0. The maximum atomic E-state index is 13.4. The second-order valence-electron chi connectivity index (χ2n) is 14.7. The van der Waals surface area contributed by atoms with Gasteiger partial charge in [0.1, 0.15) is 24.6 Å². The molecule has 2 aromatic carbocycles. The lowest BCUT2D eigenvalue weighted by Gasteiger charge is -2.47. The SMILES string of the molecule is CC(=O)NC1[C@H]2OC(C(=O)O)(C/C=C/CCCC(NC(=O)[C@H]3CCCOC3)c3cccc(c3)COc3c(C)cc(cc3C)C(=O)NC[C@@H](O)[C@H]2O)C[C@@H]1O. The Labute approximate surface area is 315 Å². The number of amides is 3. The van der Waals surface area contributed by atoms with E-state index in [-0.39, 0.29) is 36.5 Å². The van der Waals surface area contributed by atoms with Gasteiger partial charge in [0.2, 0.25) is 11.8 Å². The number of fused-ring (bicyclic) bond motifs is 12. The molecule has 0 spiro atoms. The van der Waals surface area contributed by atoms with E-state index < -0.39 is 66.8 Å². The maximum absolute atomic E-state index is 13.4. The van der Waals surface area contributed by atoms with E-state index in [1.165, 1.54) is 6.92 Å². The van der Waals surface area contributed by atoms with Crippen LogP contribution in [0.25, 0.3) is 0 Å². The standard InChI is InChI=1S/C40H53N3O11/c1-23-16-29-17-24(2)35(23)53-21-26-10-8-11-27(18-26)30(43-38(49)28-12-9-15-52-22-28)13-6-4-5-7-14-40(39(50)51)19-31(45)33(42-25(3)44)36(54-40)34(47)32(46)20-41-37(29)48/h5,7-8,10-11,16-18,28,30-34,36,45-47H,4,6,9,12-15,19-22H2,1-3H3,(H,41,48)(H,42,44)(H,43,49)(H,50,51)/b7-5+/t28-,30?,31-,32+,33?,34+,36+,40?/m0/s1. The first kappa shape index (κ1) is 40.8. The van der Waals surface area contributed by atoms with Crippen molar-refractivity contribution in [1.29, 1.82) is 0 Å². The van der Waals surface area contributed by atoms with E-state index in [1.807, 2.05) is 44.2 Å². The first-order valence-electron chi connectivity index (χ1n) is 18.6. The number of allylic oxidation sites excluding steroid dienone is 1. The lowest BCUT2D eigenvalue weighted by Crippen LogP contribution is -2.67. The van der Waals surface area contributed by atoms with Gasteiger partial charge < -0.3 is 50.6 Å². The number of carboxylic acid groups (broad SMARTS) is 1. The Morgan fingerprint density at radius 3 is 2.41 bits per heavy atom. The van der Waals surface area contributed by atoms with Crippen molar-refractivity contribution in [3.63, 3.8) is 0 Å². The fourth-order valence-electron chi connectivity index (χ4n) is 7.51. The number of ether oxygens (including phenoxy) is 3. The van der Waals surface area contributed by atoms with E-state index in [0.29, 0.717) is 49.4 Å². The Balaban J connectivity index is 1.45. The number of rotatable bonds is 4. The monoisotopic (exact) mass is 751 g/mol. The van der Waals surface area contributed by atoms with Gasteiger partial charge in [-0.3, -0.25) is 14.4 Å². The van der Waals surface area contributed by atoms with E-state index >= 15 is 0 Å². The van der Waals surface area contributed by atoms with Crippen LogP contribution in [-0.4, -0.2) is 99.9 Å². The summed E-state index contributed by atoms with van der Waals surface area (Å²) >= 11 is 0. The second-order valence-corrected chi connectivity index (χ2v) is 14.7. The molecule has 4 aliphatic heterocycles. The smallest absolute Gasteiger partial charge is 0.336 e. The third-order valence-electron chi connectivity index (χ3n) is 10.4. The van der Waals surface area contributed by atoms with Crippen LogP contribution in [0.5, 0.6) is 5.75 Å². The summed E-state index contributed by atoms with van der Waals surface area (Å²) in [6.07, 6.45) is -0.279. The highest BCUT2D eigenvalue weighted by Gasteiger charge is 2.54. The Kier molecular flexibility index (Phi) is 13.9. The number of benzene rings is 2. The number of hydrogen-bond acceptors (Lipinski definition) is 10. The molecule has 14 heteroatoms. The molecule has 4 heterocycles. The lowest BCUT2D eigenvalue weighted by atomic mass is 9.81. The van der Waals surface area contributed by atoms with Crippen LogP contribution in [-0.2, 0) is 30.5 Å². The highest BCUT2D eigenvalue weighted by molar-refractivity contribution is 5.95. The van der Waals surface area contributed by atoms with Crippen LogP contribution < -0.4 is 20.7 Å². The predicted molar refractivity (Wildman–Crippen MR) is 197 cm³/mol. The van der Waals surface area contributed by atoms with Crippen LogP contribution in [0.3, 0.4) is 0 Å². The normalized spacial score (nSPS) is 30.5. The van der Waals surface area contributed by atoms with Gasteiger partial charge in [-0.1, -0.05) is 36.4 Å². The molecule has 0 aromatic heterocycles. The second kappa shape index (κ2) is 18.3. The first-order chi connectivity index (χ1) is 25.8. The summed E-state index contributed by atoms with van der Waals surface area (Å²) in [6, 6.07) is 9.58.